The molecule has 0 aliphatic rings. The summed E-state index contributed by atoms with van der Waals surface area (Å²) in [5.41, 5.74) is 2.68. The van der Waals surface area contributed by atoms with Crippen molar-refractivity contribution in [2.45, 2.75) is 0 Å². The first-order chi connectivity index (χ1) is 9.85. The highest BCUT2D eigenvalue weighted by molar-refractivity contribution is 6.05. The third-order valence-corrected chi connectivity index (χ3v) is 3.44. The first kappa shape index (κ1) is 12.3. The van der Waals surface area contributed by atoms with Crippen LogP contribution in [0.2, 0.25) is 0 Å². The molecule has 3 aromatic carbocycles. The predicted molar refractivity (Wildman–Crippen MR) is 80.2 cm³/mol. The van der Waals surface area contributed by atoms with Gasteiger partial charge in [0.15, 0.2) is 12.6 Å². The highest BCUT2D eigenvalue weighted by Gasteiger charge is 2.12. The Bertz CT molecular complexity index is 772. The van der Waals surface area contributed by atoms with Gasteiger partial charge in [-0.15, -0.1) is 0 Å². The normalized spacial score (nSPS) is 10.4. The van der Waals surface area contributed by atoms with Crippen LogP contribution in [0.15, 0.2) is 60.7 Å². The lowest BCUT2D eigenvalue weighted by Crippen LogP contribution is -1.94. The van der Waals surface area contributed by atoms with Gasteiger partial charge in [-0.2, -0.15) is 0 Å². The second-order valence-corrected chi connectivity index (χ2v) is 4.57. The van der Waals surface area contributed by atoms with Gasteiger partial charge in [-0.3, -0.25) is 9.59 Å². The number of aldehydes is 2. The molecule has 0 radical (unpaired) electrons. The molecule has 0 fully saturated rings. The molecule has 0 aliphatic heterocycles. The van der Waals surface area contributed by atoms with Crippen molar-refractivity contribution in [2.24, 2.45) is 0 Å². The fraction of sp³-hybridized carbons (Fsp3) is 0. The molecule has 0 saturated carbocycles. The Morgan fingerprint density at radius 3 is 1.95 bits per heavy atom. The number of benzene rings is 3. The molecule has 2 heteroatoms. The third-order valence-electron chi connectivity index (χ3n) is 3.44. The second-order valence-electron chi connectivity index (χ2n) is 4.57. The van der Waals surface area contributed by atoms with E-state index in [-0.39, 0.29) is 0 Å². The van der Waals surface area contributed by atoms with Crippen molar-refractivity contribution >= 4 is 23.3 Å². The van der Waals surface area contributed by atoms with E-state index in [9.17, 15) is 9.59 Å². The quantitative estimate of drug-likeness (QED) is 0.663. The number of rotatable bonds is 3. The third kappa shape index (κ3) is 1.91. The summed E-state index contributed by atoms with van der Waals surface area (Å²) in [4.78, 5) is 22.6. The van der Waals surface area contributed by atoms with Gasteiger partial charge in [0.25, 0.3) is 0 Å². The van der Waals surface area contributed by atoms with E-state index in [1.54, 1.807) is 18.2 Å². The topological polar surface area (TPSA) is 34.1 Å². The zero-order valence-electron chi connectivity index (χ0n) is 10.7. The molecule has 96 valence electrons. The van der Waals surface area contributed by atoms with Crippen LogP contribution in [0.25, 0.3) is 21.9 Å². The van der Waals surface area contributed by atoms with E-state index >= 15 is 0 Å². The molecule has 0 heterocycles. The van der Waals surface area contributed by atoms with Gasteiger partial charge in [0.2, 0.25) is 0 Å². The van der Waals surface area contributed by atoms with Crippen LogP contribution in [0.1, 0.15) is 20.7 Å². The van der Waals surface area contributed by atoms with Gasteiger partial charge >= 0.3 is 0 Å². The average Bonchev–Trinajstić information content (AvgIpc) is 2.53. The van der Waals surface area contributed by atoms with Crippen LogP contribution in [0.5, 0.6) is 0 Å². The molecule has 0 bridgehead atoms. The Labute approximate surface area is 116 Å². The molecule has 0 atom stereocenters. The molecule has 0 N–H and O–H groups in total. The fourth-order valence-electron chi connectivity index (χ4n) is 2.54. The van der Waals surface area contributed by atoms with Gasteiger partial charge in [0, 0.05) is 16.7 Å². The smallest absolute Gasteiger partial charge is 0.150 e. The van der Waals surface area contributed by atoms with Crippen LogP contribution in [0.3, 0.4) is 0 Å². The lowest BCUT2D eigenvalue weighted by atomic mass is 9.91. The minimum absolute atomic E-state index is 0.533. The number of fused-ring (bicyclic) bond motifs is 1. The second kappa shape index (κ2) is 5.10. The number of carbonyl (C=O) groups excluding carboxylic acids is 2. The monoisotopic (exact) mass is 260 g/mol. The summed E-state index contributed by atoms with van der Waals surface area (Å²) >= 11 is 0. The van der Waals surface area contributed by atoms with Crippen molar-refractivity contribution in [1.29, 1.82) is 0 Å². The summed E-state index contributed by atoms with van der Waals surface area (Å²) in [5, 5.41) is 2.12. The van der Waals surface area contributed by atoms with Crippen molar-refractivity contribution in [3.05, 3.63) is 71.8 Å². The Kier molecular flexibility index (Phi) is 3.13. The predicted octanol–water partition coefficient (Wildman–Crippen LogP) is 4.13. The Hall–Kier alpha value is -2.74. The summed E-state index contributed by atoms with van der Waals surface area (Å²) < 4.78 is 0. The molecule has 0 saturated heterocycles. The lowest BCUT2D eigenvalue weighted by Gasteiger charge is -2.11. The minimum atomic E-state index is 0.533. The Balaban J connectivity index is 2.42. The van der Waals surface area contributed by atoms with Crippen LogP contribution >= 0.6 is 0 Å². The molecular formula is C18H12O2. The highest BCUT2D eigenvalue weighted by atomic mass is 16.1. The van der Waals surface area contributed by atoms with Gasteiger partial charge in [0.05, 0.1) is 0 Å². The molecule has 20 heavy (non-hydrogen) atoms. The summed E-state index contributed by atoms with van der Waals surface area (Å²) in [6, 6.07) is 19.0. The maximum Gasteiger partial charge on any atom is 0.150 e. The van der Waals surface area contributed by atoms with E-state index in [0.717, 1.165) is 28.9 Å². The van der Waals surface area contributed by atoms with E-state index in [4.69, 9.17) is 0 Å². The van der Waals surface area contributed by atoms with E-state index in [1.807, 2.05) is 42.5 Å². The lowest BCUT2D eigenvalue weighted by molar-refractivity contribution is 0.112. The van der Waals surface area contributed by atoms with E-state index < -0.39 is 0 Å². The van der Waals surface area contributed by atoms with Gasteiger partial charge < -0.3 is 0 Å². The average molecular weight is 260 g/mol. The zero-order valence-corrected chi connectivity index (χ0v) is 10.7. The van der Waals surface area contributed by atoms with Crippen LogP contribution < -0.4 is 0 Å². The zero-order chi connectivity index (χ0) is 13.9. The molecule has 2 nitrogen and oxygen atoms in total. The van der Waals surface area contributed by atoms with E-state index in [2.05, 4.69) is 0 Å². The molecule has 0 aliphatic carbocycles. The first-order valence-corrected chi connectivity index (χ1v) is 6.36. The largest absolute Gasteiger partial charge is 0.298 e. The van der Waals surface area contributed by atoms with Crippen LogP contribution in [0, 0.1) is 0 Å². The maximum atomic E-state index is 11.3. The summed E-state index contributed by atoms with van der Waals surface area (Å²) in [7, 11) is 0. The van der Waals surface area contributed by atoms with Crippen molar-refractivity contribution in [3.63, 3.8) is 0 Å². The SMILES string of the molecule is O=Cc1cccc(C=O)c1-c1cccc2ccccc12. The van der Waals surface area contributed by atoms with Gasteiger partial charge in [-0.25, -0.2) is 0 Å². The molecule has 0 amide bonds. The highest BCUT2D eigenvalue weighted by Crippen LogP contribution is 2.32. The molecule has 3 rings (SSSR count). The van der Waals surface area contributed by atoms with Gasteiger partial charge in [0.1, 0.15) is 0 Å². The first-order valence-electron chi connectivity index (χ1n) is 6.36. The maximum absolute atomic E-state index is 11.3. The summed E-state index contributed by atoms with van der Waals surface area (Å²) in [5.74, 6) is 0. The summed E-state index contributed by atoms with van der Waals surface area (Å²) in [6.45, 7) is 0. The molecule has 0 aromatic heterocycles. The van der Waals surface area contributed by atoms with E-state index in [1.165, 1.54) is 0 Å². The van der Waals surface area contributed by atoms with Crippen LogP contribution in [-0.2, 0) is 0 Å². The van der Waals surface area contributed by atoms with Crippen molar-refractivity contribution in [2.75, 3.05) is 0 Å². The number of hydrogen-bond acceptors (Lipinski definition) is 2. The Morgan fingerprint density at radius 1 is 0.650 bits per heavy atom. The summed E-state index contributed by atoms with van der Waals surface area (Å²) in [6.07, 6.45) is 1.59. The molecule has 3 aromatic rings. The minimum Gasteiger partial charge on any atom is -0.298 e. The van der Waals surface area contributed by atoms with Crippen molar-refractivity contribution < 1.29 is 9.59 Å². The standard InChI is InChI=1S/C18H12O2/c19-11-14-7-3-8-15(12-20)18(14)17-10-4-6-13-5-1-2-9-16(13)17/h1-12H. The Morgan fingerprint density at radius 2 is 1.25 bits per heavy atom. The molecule has 0 unspecified atom stereocenters. The molecule has 0 spiro atoms. The van der Waals surface area contributed by atoms with Crippen LogP contribution in [-0.4, -0.2) is 12.6 Å². The van der Waals surface area contributed by atoms with E-state index in [0.29, 0.717) is 16.7 Å². The van der Waals surface area contributed by atoms with Crippen molar-refractivity contribution in [3.8, 4) is 11.1 Å². The molecular weight excluding hydrogens is 248 g/mol. The van der Waals surface area contributed by atoms with Crippen LogP contribution in [0.4, 0.5) is 0 Å². The number of carbonyl (C=O) groups is 2. The number of hydrogen-bond donors (Lipinski definition) is 0. The van der Waals surface area contributed by atoms with Crippen molar-refractivity contribution in [1.82, 2.24) is 0 Å². The van der Waals surface area contributed by atoms with Gasteiger partial charge in [-0.1, -0.05) is 60.7 Å². The van der Waals surface area contributed by atoms with Gasteiger partial charge in [-0.05, 0) is 16.3 Å². The fourth-order valence-corrected chi connectivity index (χ4v) is 2.54.